The second kappa shape index (κ2) is 7.29. The van der Waals surface area contributed by atoms with Gasteiger partial charge in [0, 0.05) is 14.9 Å². The molecule has 0 aliphatic rings. The van der Waals surface area contributed by atoms with E-state index in [1.807, 2.05) is 6.07 Å². The molecule has 2 rings (SSSR count). The smallest absolute Gasteiger partial charge is 0.387 e. The molecule has 7 heteroatoms. The Morgan fingerprint density at radius 2 is 1.90 bits per heavy atom. The van der Waals surface area contributed by atoms with Crippen molar-refractivity contribution in [2.75, 3.05) is 0 Å². The molecule has 0 spiro atoms. The van der Waals surface area contributed by atoms with Gasteiger partial charge in [0.15, 0.2) is 5.78 Å². The Bertz CT molecular complexity index is 647. The number of ether oxygens (including phenoxy) is 1. The largest absolute Gasteiger partial charge is 0.435 e. The number of ketones is 1. The lowest BCUT2D eigenvalue weighted by atomic mass is 10.1. The standard InChI is InChI=1S/C14H8Br2F2O2S/c15-11-7-10(21-13(11)16)5-6-12(19)8-1-3-9(4-2-8)20-14(17)18/h1-7,14H/b6-5+. The molecule has 110 valence electrons. The van der Waals surface area contributed by atoms with Gasteiger partial charge in [-0.3, -0.25) is 4.79 Å². The first-order valence-corrected chi connectivity index (χ1v) is 8.08. The Morgan fingerprint density at radius 1 is 1.24 bits per heavy atom. The molecule has 0 saturated carbocycles. The van der Waals surface area contributed by atoms with Crippen LogP contribution in [-0.4, -0.2) is 12.4 Å². The molecule has 0 fully saturated rings. The third-order valence-corrected chi connectivity index (χ3v) is 5.65. The van der Waals surface area contributed by atoms with Crippen molar-refractivity contribution >= 4 is 55.1 Å². The Kier molecular flexibility index (Phi) is 5.66. The van der Waals surface area contributed by atoms with E-state index in [4.69, 9.17) is 0 Å². The maximum Gasteiger partial charge on any atom is 0.387 e. The number of hydrogen-bond donors (Lipinski definition) is 0. The van der Waals surface area contributed by atoms with Crippen molar-refractivity contribution in [3.05, 3.63) is 55.1 Å². The van der Waals surface area contributed by atoms with Crippen LogP contribution in [0.15, 0.2) is 44.7 Å². The number of allylic oxidation sites excluding steroid dienone is 1. The lowest BCUT2D eigenvalue weighted by Crippen LogP contribution is -2.02. The lowest BCUT2D eigenvalue weighted by Gasteiger charge is -2.04. The molecule has 0 unspecified atom stereocenters. The highest BCUT2D eigenvalue weighted by atomic mass is 79.9. The normalized spacial score (nSPS) is 11.3. The molecular formula is C14H8Br2F2O2S. The summed E-state index contributed by atoms with van der Waals surface area (Å²) in [6.45, 7) is -2.87. The van der Waals surface area contributed by atoms with E-state index in [-0.39, 0.29) is 11.5 Å². The van der Waals surface area contributed by atoms with Gasteiger partial charge in [0.2, 0.25) is 0 Å². The maximum atomic E-state index is 12.0. The molecule has 0 bridgehead atoms. The van der Waals surface area contributed by atoms with E-state index in [2.05, 4.69) is 36.6 Å². The van der Waals surface area contributed by atoms with Gasteiger partial charge < -0.3 is 4.74 Å². The molecule has 1 aromatic carbocycles. The summed E-state index contributed by atoms with van der Waals surface area (Å²) in [5, 5.41) is 0. The second-order valence-electron chi connectivity index (χ2n) is 3.87. The van der Waals surface area contributed by atoms with Crippen LogP contribution in [0.5, 0.6) is 5.75 Å². The maximum absolute atomic E-state index is 12.0. The molecule has 2 nitrogen and oxygen atoms in total. The molecule has 0 aliphatic carbocycles. The number of thiophene rings is 1. The number of carbonyl (C=O) groups is 1. The summed E-state index contributed by atoms with van der Waals surface area (Å²) in [4.78, 5) is 12.9. The molecule has 0 atom stereocenters. The quantitative estimate of drug-likeness (QED) is 0.438. The van der Waals surface area contributed by atoms with Crippen molar-refractivity contribution in [3.63, 3.8) is 0 Å². The van der Waals surface area contributed by atoms with Crippen LogP contribution < -0.4 is 4.74 Å². The lowest BCUT2D eigenvalue weighted by molar-refractivity contribution is -0.0498. The molecule has 0 aliphatic heterocycles. The third-order valence-electron chi connectivity index (χ3n) is 2.43. The topological polar surface area (TPSA) is 26.3 Å². The second-order valence-corrected chi connectivity index (χ2v) is 7.13. The van der Waals surface area contributed by atoms with Crippen LogP contribution in [0.4, 0.5) is 8.78 Å². The van der Waals surface area contributed by atoms with E-state index in [9.17, 15) is 13.6 Å². The molecule has 0 saturated heterocycles. The van der Waals surface area contributed by atoms with E-state index in [1.54, 1.807) is 6.08 Å². The zero-order chi connectivity index (χ0) is 15.4. The zero-order valence-corrected chi connectivity index (χ0v) is 14.3. The van der Waals surface area contributed by atoms with Gasteiger partial charge in [-0.25, -0.2) is 0 Å². The number of rotatable bonds is 5. The first-order valence-electron chi connectivity index (χ1n) is 5.68. The SMILES string of the molecule is O=C(/C=C/c1cc(Br)c(Br)s1)c1ccc(OC(F)F)cc1. The predicted molar refractivity (Wildman–Crippen MR) is 86.2 cm³/mol. The monoisotopic (exact) mass is 436 g/mol. The van der Waals surface area contributed by atoms with Gasteiger partial charge >= 0.3 is 6.61 Å². The Labute approximate surface area is 140 Å². The predicted octanol–water partition coefficient (Wildman–Crippen LogP) is 5.77. The van der Waals surface area contributed by atoms with Crippen LogP contribution in [0.25, 0.3) is 6.08 Å². The molecule has 2 aromatic rings. The highest BCUT2D eigenvalue weighted by Gasteiger charge is 2.07. The number of carbonyl (C=O) groups excluding carboxylic acids is 1. The fourth-order valence-corrected chi connectivity index (χ4v) is 3.49. The number of benzene rings is 1. The van der Waals surface area contributed by atoms with E-state index in [0.29, 0.717) is 5.56 Å². The van der Waals surface area contributed by atoms with Crippen LogP contribution in [0.2, 0.25) is 0 Å². The molecule has 1 heterocycles. The van der Waals surface area contributed by atoms with Crippen LogP contribution in [0.1, 0.15) is 15.2 Å². The first-order chi connectivity index (χ1) is 9.95. The Hall–Kier alpha value is -1.05. The summed E-state index contributed by atoms with van der Waals surface area (Å²) in [6.07, 6.45) is 3.14. The van der Waals surface area contributed by atoms with E-state index in [0.717, 1.165) is 13.1 Å². The zero-order valence-electron chi connectivity index (χ0n) is 10.4. The van der Waals surface area contributed by atoms with Gasteiger partial charge in [0.05, 0.1) is 3.79 Å². The van der Waals surface area contributed by atoms with E-state index < -0.39 is 6.61 Å². The first kappa shape index (κ1) is 16.3. The van der Waals surface area contributed by atoms with Gasteiger partial charge in [-0.05, 0) is 74.3 Å². The molecule has 1 aromatic heterocycles. The van der Waals surface area contributed by atoms with Crippen molar-refractivity contribution in [3.8, 4) is 5.75 Å². The molecule has 0 N–H and O–H groups in total. The van der Waals surface area contributed by atoms with E-state index >= 15 is 0 Å². The average Bonchev–Trinajstić information content (AvgIpc) is 2.75. The van der Waals surface area contributed by atoms with Crippen LogP contribution >= 0.6 is 43.2 Å². The Morgan fingerprint density at radius 3 is 2.43 bits per heavy atom. The number of hydrogen-bond acceptors (Lipinski definition) is 3. The molecule has 0 amide bonds. The summed E-state index contributed by atoms with van der Waals surface area (Å²) in [7, 11) is 0. The van der Waals surface area contributed by atoms with Gasteiger partial charge in [-0.1, -0.05) is 0 Å². The Balaban J connectivity index is 2.06. The van der Waals surface area contributed by atoms with Crippen molar-refractivity contribution in [2.24, 2.45) is 0 Å². The highest BCUT2D eigenvalue weighted by molar-refractivity contribution is 9.13. The van der Waals surface area contributed by atoms with Crippen molar-refractivity contribution in [1.82, 2.24) is 0 Å². The summed E-state index contributed by atoms with van der Waals surface area (Å²) < 4.78 is 30.1. The van der Waals surface area contributed by atoms with Gasteiger partial charge in [-0.15, -0.1) is 11.3 Å². The average molecular weight is 438 g/mol. The van der Waals surface area contributed by atoms with Crippen molar-refractivity contribution in [2.45, 2.75) is 6.61 Å². The fraction of sp³-hybridized carbons (Fsp3) is 0.0714. The van der Waals surface area contributed by atoms with Crippen molar-refractivity contribution < 1.29 is 18.3 Å². The minimum atomic E-state index is -2.87. The van der Waals surface area contributed by atoms with Crippen LogP contribution in [0, 0.1) is 0 Å². The van der Waals surface area contributed by atoms with Gasteiger partial charge in [0.1, 0.15) is 5.75 Å². The summed E-state index contributed by atoms with van der Waals surface area (Å²) >= 11 is 8.23. The van der Waals surface area contributed by atoms with Gasteiger partial charge in [-0.2, -0.15) is 8.78 Å². The molecule has 21 heavy (non-hydrogen) atoms. The van der Waals surface area contributed by atoms with Crippen molar-refractivity contribution in [1.29, 1.82) is 0 Å². The highest BCUT2D eigenvalue weighted by Crippen LogP contribution is 2.33. The minimum absolute atomic E-state index is 0.0247. The third kappa shape index (κ3) is 4.72. The summed E-state index contributed by atoms with van der Waals surface area (Å²) in [5.41, 5.74) is 0.405. The van der Waals surface area contributed by atoms with Crippen LogP contribution in [0.3, 0.4) is 0 Å². The number of halogens is 4. The minimum Gasteiger partial charge on any atom is -0.435 e. The molecular weight excluding hydrogens is 430 g/mol. The van der Waals surface area contributed by atoms with E-state index in [1.165, 1.54) is 41.7 Å². The van der Waals surface area contributed by atoms with Gasteiger partial charge in [0.25, 0.3) is 0 Å². The fourth-order valence-electron chi connectivity index (χ4n) is 1.50. The summed E-state index contributed by atoms with van der Waals surface area (Å²) in [5.74, 6) is -0.184. The van der Waals surface area contributed by atoms with Crippen LogP contribution in [-0.2, 0) is 0 Å². The summed E-state index contributed by atoms with van der Waals surface area (Å²) in [6, 6.07) is 7.46. The number of alkyl halides is 2. The molecule has 0 radical (unpaired) electrons.